The normalized spacial score (nSPS) is 14.8. The molecule has 27 heavy (non-hydrogen) atoms. The molecule has 5 nitrogen and oxygen atoms in total. The van der Waals surface area contributed by atoms with Gasteiger partial charge in [0.05, 0.1) is 10.5 Å². The van der Waals surface area contributed by atoms with E-state index in [0.29, 0.717) is 11.3 Å². The highest BCUT2D eigenvalue weighted by Gasteiger charge is 2.31. The summed E-state index contributed by atoms with van der Waals surface area (Å²) in [6, 6.07) is 10.00. The summed E-state index contributed by atoms with van der Waals surface area (Å²) < 4.78 is 64.6. The third-order valence-corrected chi connectivity index (χ3v) is 5.52. The van der Waals surface area contributed by atoms with Gasteiger partial charge in [-0.1, -0.05) is 12.1 Å². The molecule has 0 radical (unpaired) electrons. The maximum atomic E-state index is 12.6. The molecule has 0 bridgehead atoms. The van der Waals surface area contributed by atoms with Gasteiger partial charge >= 0.3 is 6.18 Å². The first-order valence-corrected chi connectivity index (χ1v) is 9.70. The van der Waals surface area contributed by atoms with E-state index in [0.717, 1.165) is 37.1 Å². The van der Waals surface area contributed by atoms with Crippen molar-refractivity contribution in [1.29, 1.82) is 0 Å². The Bertz CT molecular complexity index is 937. The Morgan fingerprint density at radius 2 is 1.74 bits per heavy atom. The molecule has 3 rings (SSSR count). The van der Waals surface area contributed by atoms with Crippen LogP contribution in [0.5, 0.6) is 0 Å². The number of carbonyl (C=O) groups excluding carboxylic acids is 1. The molecular weight excluding hydrogens is 381 g/mol. The minimum Gasteiger partial charge on any atom is -0.326 e. The lowest BCUT2D eigenvalue weighted by molar-refractivity contribution is -0.137. The van der Waals surface area contributed by atoms with Crippen LogP contribution in [0.25, 0.3) is 0 Å². The van der Waals surface area contributed by atoms with E-state index in [2.05, 4.69) is 10.0 Å². The quantitative estimate of drug-likeness (QED) is 0.782. The van der Waals surface area contributed by atoms with Gasteiger partial charge in [-0.2, -0.15) is 13.2 Å². The molecule has 9 heteroatoms. The van der Waals surface area contributed by atoms with Crippen molar-refractivity contribution in [2.45, 2.75) is 30.5 Å². The second kappa shape index (κ2) is 7.32. The molecule has 0 saturated heterocycles. The summed E-state index contributed by atoms with van der Waals surface area (Å²) in [5.74, 6) is -0.00989. The molecule has 1 saturated carbocycles. The van der Waals surface area contributed by atoms with Crippen molar-refractivity contribution in [3.05, 3.63) is 59.7 Å². The van der Waals surface area contributed by atoms with Crippen LogP contribution in [-0.4, -0.2) is 14.3 Å². The topological polar surface area (TPSA) is 75.3 Å². The average Bonchev–Trinajstić information content (AvgIpc) is 3.45. The predicted octanol–water partition coefficient (Wildman–Crippen LogP) is 3.53. The van der Waals surface area contributed by atoms with Crippen molar-refractivity contribution in [3.8, 4) is 0 Å². The van der Waals surface area contributed by atoms with Crippen molar-refractivity contribution in [2.75, 3.05) is 5.32 Å². The fourth-order valence-electron chi connectivity index (χ4n) is 2.43. The summed E-state index contributed by atoms with van der Waals surface area (Å²) in [5.41, 5.74) is 0.262. The number of rotatable bonds is 6. The van der Waals surface area contributed by atoms with Gasteiger partial charge in [0.25, 0.3) is 0 Å². The second-order valence-electron chi connectivity index (χ2n) is 6.31. The Morgan fingerprint density at radius 3 is 2.33 bits per heavy atom. The van der Waals surface area contributed by atoms with Gasteiger partial charge in [0, 0.05) is 18.2 Å². The number of hydrogen-bond acceptors (Lipinski definition) is 3. The van der Waals surface area contributed by atoms with Crippen LogP contribution >= 0.6 is 0 Å². The number of anilines is 1. The zero-order valence-electron chi connectivity index (χ0n) is 14.1. The summed E-state index contributed by atoms with van der Waals surface area (Å²) in [4.78, 5) is 11.5. The smallest absolute Gasteiger partial charge is 0.326 e. The highest BCUT2D eigenvalue weighted by molar-refractivity contribution is 7.89. The van der Waals surface area contributed by atoms with E-state index >= 15 is 0 Å². The molecule has 1 aliphatic rings. The van der Waals surface area contributed by atoms with Gasteiger partial charge in [-0.3, -0.25) is 4.79 Å². The van der Waals surface area contributed by atoms with Gasteiger partial charge in [-0.15, -0.1) is 0 Å². The van der Waals surface area contributed by atoms with E-state index in [1.54, 1.807) is 24.3 Å². The molecule has 2 N–H and O–H groups in total. The number of halogens is 3. The maximum absolute atomic E-state index is 12.6. The monoisotopic (exact) mass is 398 g/mol. The number of hydrogen-bond donors (Lipinski definition) is 2. The summed E-state index contributed by atoms with van der Waals surface area (Å²) in [5, 5.41) is 2.77. The lowest BCUT2D eigenvalue weighted by Gasteiger charge is -2.10. The van der Waals surface area contributed by atoms with E-state index in [1.165, 1.54) is 0 Å². The first-order valence-electron chi connectivity index (χ1n) is 8.22. The van der Waals surface area contributed by atoms with Crippen LogP contribution in [0.2, 0.25) is 0 Å². The zero-order chi connectivity index (χ0) is 19.7. The lowest BCUT2D eigenvalue weighted by Crippen LogP contribution is -2.23. The molecule has 1 fully saturated rings. The van der Waals surface area contributed by atoms with Gasteiger partial charge < -0.3 is 5.32 Å². The summed E-state index contributed by atoms with van der Waals surface area (Å²) in [7, 11) is -3.96. The minimum absolute atomic E-state index is 0.0480. The summed E-state index contributed by atoms with van der Waals surface area (Å²) in [6.07, 6.45) is -2.78. The first kappa shape index (κ1) is 19.4. The lowest BCUT2D eigenvalue weighted by atomic mass is 10.2. The molecule has 2 aromatic carbocycles. The van der Waals surface area contributed by atoms with E-state index in [1.807, 2.05) is 0 Å². The Hall–Kier alpha value is -2.39. The molecule has 2 aromatic rings. The highest BCUT2D eigenvalue weighted by Crippen LogP contribution is 2.31. The number of sulfonamides is 1. The van der Waals surface area contributed by atoms with Crippen molar-refractivity contribution in [2.24, 2.45) is 5.92 Å². The molecule has 0 aromatic heterocycles. The van der Waals surface area contributed by atoms with Crippen molar-refractivity contribution < 1.29 is 26.4 Å². The van der Waals surface area contributed by atoms with Gasteiger partial charge in [-0.05, 0) is 54.8 Å². The number of nitrogens with one attached hydrogen (secondary N) is 2. The Morgan fingerprint density at radius 1 is 1.07 bits per heavy atom. The van der Waals surface area contributed by atoms with Gasteiger partial charge in [0.2, 0.25) is 15.9 Å². The standard InChI is InChI=1S/C18H17F3N2O3S/c19-18(20,21)14-6-8-16(9-7-14)27(25,26)22-11-12-2-1-3-15(10-12)23-17(24)13-4-5-13/h1-3,6-10,13,22H,4-5,11H2,(H,23,24). The minimum atomic E-state index is -4.53. The molecule has 0 spiro atoms. The largest absolute Gasteiger partial charge is 0.416 e. The fraction of sp³-hybridized carbons (Fsp3) is 0.278. The van der Waals surface area contributed by atoms with E-state index in [-0.39, 0.29) is 23.3 Å². The molecule has 1 aliphatic carbocycles. The molecule has 1 amide bonds. The van der Waals surface area contributed by atoms with Crippen molar-refractivity contribution in [3.63, 3.8) is 0 Å². The van der Waals surface area contributed by atoms with E-state index in [9.17, 15) is 26.4 Å². The van der Waals surface area contributed by atoms with E-state index < -0.39 is 21.8 Å². The molecule has 0 atom stereocenters. The van der Waals surface area contributed by atoms with Crippen LogP contribution < -0.4 is 10.0 Å². The van der Waals surface area contributed by atoms with Gasteiger partial charge in [-0.25, -0.2) is 13.1 Å². The van der Waals surface area contributed by atoms with Crippen molar-refractivity contribution in [1.82, 2.24) is 4.72 Å². The Balaban J connectivity index is 1.65. The van der Waals surface area contributed by atoms with Crippen LogP contribution in [0.15, 0.2) is 53.4 Å². The van der Waals surface area contributed by atoms with Gasteiger partial charge in [0.1, 0.15) is 0 Å². The molecular formula is C18H17F3N2O3S. The predicted molar refractivity (Wildman–Crippen MR) is 93.3 cm³/mol. The number of alkyl halides is 3. The first-order chi connectivity index (χ1) is 12.6. The van der Waals surface area contributed by atoms with Crippen LogP contribution in [0.3, 0.4) is 0 Å². The average molecular weight is 398 g/mol. The van der Waals surface area contributed by atoms with Crippen LogP contribution in [0.4, 0.5) is 18.9 Å². The van der Waals surface area contributed by atoms with Crippen molar-refractivity contribution >= 4 is 21.6 Å². The van der Waals surface area contributed by atoms with Gasteiger partial charge in [0.15, 0.2) is 0 Å². The second-order valence-corrected chi connectivity index (χ2v) is 8.08. The molecule has 0 aliphatic heterocycles. The summed E-state index contributed by atoms with van der Waals surface area (Å²) >= 11 is 0. The molecule has 0 heterocycles. The van der Waals surface area contributed by atoms with Crippen LogP contribution in [0, 0.1) is 5.92 Å². The SMILES string of the molecule is O=C(Nc1cccc(CNS(=O)(=O)c2ccc(C(F)(F)F)cc2)c1)C1CC1. The van der Waals surface area contributed by atoms with Crippen LogP contribution in [-0.2, 0) is 27.5 Å². The third kappa shape index (κ3) is 5.08. The number of amides is 1. The highest BCUT2D eigenvalue weighted by atomic mass is 32.2. The number of benzene rings is 2. The fourth-order valence-corrected chi connectivity index (χ4v) is 3.45. The molecule has 0 unspecified atom stereocenters. The number of carbonyl (C=O) groups is 1. The van der Waals surface area contributed by atoms with E-state index in [4.69, 9.17) is 0 Å². The third-order valence-electron chi connectivity index (χ3n) is 4.10. The van der Waals surface area contributed by atoms with Crippen LogP contribution in [0.1, 0.15) is 24.0 Å². The molecule has 144 valence electrons. The Labute approximate surface area is 154 Å². The zero-order valence-corrected chi connectivity index (χ0v) is 14.9. The Kier molecular flexibility index (Phi) is 5.25. The summed E-state index contributed by atoms with van der Waals surface area (Å²) in [6.45, 7) is -0.0590. The maximum Gasteiger partial charge on any atom is 0.416 e.